The molecular weight excluding hydrogens is 268 g/mol. The van der Waals surface area contributed by atoms with Crippen LogP contribution >= 0.6 is 23.5 Å². The molecule has 0 spiro atoms. The number of benzene rings is 2. The van der Waals surface area contributed by atoms with Crippen LogP contribution in [0, 0.1) is 13.8 Å². The van der Waals surface area contributed by atoms with Crippen LogP contribution in [-0.4, -0.2) is 11.5 Å². The average Bonchev–Trinajstić information content (AvgIpc) is 2.38. The highest BCUT2D eigenvalue weighted by atomic mass is 32.2. The molecule has 0 aliphatic rings. The molecule has 19 heavy (non-hydrogen) atoms. The molecule has 0 fully saturated rings. The third-order valence-corrected chi connectivity index (χ3v) is 5.09. The van der Waals surface area contributed by atoms with Gasteiger partial charge in [-0.2, -0.15) is 11.8 Å². The topological polar surface area (TPSA) is 0 Å². The first kappa shape index (κ1) is 14.5. The van der Waals surface area contributed by atoms with Crippen LogP contribution in [-0.2, 0) is 5.75 Å². The first-order valence-electron chi connectivity index (χ1n) is 6.57. The number of rotatable bonds is 6. The predicted octanol–water partition coefficient (Wildman–Crippen LogP) is 5.33. The standard InChI is InChI=1S/C17H20S2/c1-14-10-15(2)12-16(11-14)13-18-8-9-19-17-6-4-3-5-7-17/h3-7,10-12H,8-9,13H2,1-2H3. The van der Waals surface area contributed by atoms with Crippen LogP contribution in [0.2, 0.25) is 0 Å². The molecule has 0 saturated carbocycles. The minimum absolute atomic E-state index is 1.12. The van der Waals surface area contributed by atoms with Gasteiger partial charge in [-0.1, -0.05) is 47.5 Å². The fraction of sp³-hybridized carbons (Fsp3) is 0.294. The van der Waals surface area contributed by atoms with Crippen LogP contribution in [0.1, 0.15) is 16.7 Å². The maximum atomic E-state index is 2.30. The molecule has 2 aromatic carbocycles. The van der Waals surface area contributed by atoms with Crippen LogP contribution in [0.3, 0.4) is 0 Å². The smallest absolute Gasteiger partial charge is 0.0185 e. The largest absolute Gasteiger partial charge is 0.156 e. The van der Waals surface area contributed by atoms with Crippen molar-refractivity contribution in [2.45, 2.75) is 24.5 Å². The normalized spacial score (nSPS) is 10.6. The minimum Gasteiger partial charge on any atom is -0.156 e. The van der Waals surface area contributed by atoms with Crippen molar-refractivity contribution in [1.82, 2.24) is 0 Å². The van der Waals surface area contributed by atoms with E-state index < -0.39 is 0 Å². The van der Waals surface area contributed by atoms with Gasteiger partial charge in [0.2, 0.25) is 0 Å². The van der Waals surface area contributed by atoms with Crippen molar-refractivity contribution in [3.63, 3.8) is 0 Å². The Balaban J connectivity index is 1.69. The van der Waals surface area contributed by atoms with Crippen molar-refractivity contribution >= 4 is 23.5 Å². The molecule has 0 nitrogen and oxygen atoms in total. The van der Waals surface area contributed by atoms with Crippen LogP contribution in [0.15, 0.2) is 53.4 Å². The fourth-order valence-corrected chi connectivity index (χ4v) is 4.01. The number of thioether (sulfide) groups is 2. The zero-order chi connectivity index (χ0) is 13.5. The summed E-state index contributed by atoms with van der Waals surface area (Å²) in [7, 11) is 0. The predicted molar refractivity (Wildman–Crippen MR) is 89.2 cm³/mol. The first-order valence-corrected chi connectivity index (χ1v) is 8.71. The second-order valence-electron chi connectivity index (χ2n) is 4.71. The average molecular weight is 288 g/mol. The maximum absolute atomic E-state index is 2.30. The molecule has 0 saturated heterocycles. The Kier molecular flexibility index (Phi) is 5.87. The van der Waals surface area contributed by atoms with Crippen molar-refractivity contribution < 1.29 is 0 Å². The maximum Gasteiger partial charge on any atom is 0.0185 e. The number of hydrogen-bond acceptors (Lipinski definition) is 2. The summed E-state index contributed by atoms with van der Waals surface area (Å²) in [6.45, 7) is 4.35. The Morgan fingerprint density at radius 1 is 0.842 bits per heavy atom. The van der Waals surface area contributed by atoms with Gasteiger partial charge in [0.15, 0.2) is 0 Å². The Hall–Kier alpha value is -0.860. The Bertz CT molecular complexity index is 486. The summed E-state index contributed by atoms with van der Waals surface area (Å²) in [5.74, 6) is 3.50. The summed E-state index contributed by atoms with van der Waals surface area (Å²) < 4.78 is 0. The van der Waals surface area contributed by atoms with E-state index in [0.29, 0.717) is 0 Å². The van der Waals surface area contributed by atoms with Gasteiger partial charge in [0, 0.05) is 22.2 Å². The lowest BCUT2D eigenvalue weighted by atomic mass is 10.1. The monoisotopic (exact) mass is 288 g/mol. The van der Waals surface area contributed by atoms with Gasteiger partial charge in [-0.05, 0) is 31.5 Å². The Morgan fingerprint density at radius 3 is 2.21 bits per heavy atom. The molecule has 0 bridgehead atoms. The molecule has 100 valence electrons. The van der Waals surface area contributed by atoms with E-state index in [-0.39, 0.29) is 0 Å². The van der Waals surface area contributed by atoms with E-state index in [1.807, 2.05) is 23.5 Å². The van der Waals surface area contributed by atoms with Crippen molar-refractivity contribution in [2.75, 3.05) is 11.5 Å². The second kappa shape index (κ2) is 7.66. The molecule has 0 aromatic heterocycles. The lowest BCUT2D eigenvalue weighted by Crippen LogP contribution is -1.88. The first-order chi connectivity index (χ1) is 9.24. The van der Waals surface area contributed by atoms with E-state index in [1.165, 1.54) is 33.1 Å². The fourth-order valence-electron chi connectivity index (χ4n) is 2.08. The molecule has 2 aromatic rings. The van der Waals surface area contributed by atoms with Crippen LogP contribution in [0.4, 0.5) is 0 Å². The Morgan fingerprint density at radius 2 is 1.53 bits per heavy atom. The number of hydrogen-bond donors (Lipinski definition) is 0. The quantitative estimate of drug-likeness (QED) is 0.520. The lowest BCUT2D eigenvalue weighted by Gasteiger charge is -2.05. The third kappa shape index (κ3) is 5.33. The summed E-state index contributed by atoms with van der Waals surface area (Å²) >= 11 is 3.96. The molecule has 0 aliphatic heterocycles. The highest BCUT2D eigenvalue weighted by Gasteiger charge is 1.98. The minimum atomic E-state index is 1.12. The van der Waals surface area contributed by atoms with Crippen LogP contribution in [0.5, 0.6) is 0 Å². The van der Waals surface area contributed by atoms with Gasteiger partial charge in [0.1, 0.15) is 0 Å². The van der Waals surface area contributed by atoms with Crippen LogP contribution in [0.25, 0.3) is 0 Å². The van der Waals surface area contributed by atoms with E-state index in [0.717, 1.165) is 5.75 Å². The summed E-state index contributed by atoms with van der Waals surface area (Å²) in [6, 6.07) is 17.5. The SMILES string of the molecule is Cc1cc(C)cc(CSCCSc2ccccc2)c1. The molecule has 0 atom stereocenters. The van der Waals surface area contributed by atoms with Gasteiger partial charge in [0.05, 0.1) is 0 Å². The van der Waals surface area contributed by atoms with Gasteiger partial charge >= 0.3 is 0 Å². The molecular formula is C17H20S2. The van der Waals surface area contributed by atoms with Crippen molar-refractivity contribution in [3.8, 4) is 0 Å². The van der Waals surface area contributed by atoms with E-state index in [9.17, 15) is 0 Å². The number of aryl methyl sites for hydroxylation is 2. The molecule has 0 amide bonds. The van der Waals surface area contributed by atoms with E-state index in [2.05, 4.69) is 62.4 Å². The summed E-state index contributed by atoms with van der Waals surface area (Å²) in [5, 5.41) is 0. The van der Waals surface area contributed by atoms with Crippen molar-refractivity contribution in [2.24, 2.45) is 0 Å². The molecule has 2 rings (SSSR count). The van der Waals surface area contributed by atoms with Gasteiger partial charge in [-0.25, -0.2) is 0 Å². The van der Waals surface area contributed by atoms with E-state index >= 15 is 0 Å². The molecule has 0 unspecified atom stereocenters. The summed E-state index contributed by atoms with van der Waals surface area (Å²) in [4.78, 5) is 1.37. The van der Waals surface area contributed by atoms with Gasteiger partial charge in [-0.3, -0.25) is 0 Å². The van der Waals surface area contributed by atoms with Crippen LogP contribution < -0.4 is 0 Å². The van der Waals surface area contributed by atoms with Crippen molar-refractivity contribution in [1.29, 1.82) is 0 Å². The highest BCUT2D eigenvalue weighted by molar-refractivity contribution is 8.02. The third-order valence-electron chi connectivity index (χ3n) is 2.79. The van der Waals surface area contributed by atoms with Gasteiger partial charge < -0.3 is 0 Å². The lowest BCUT2D eigenvalue weighted by molar-refractivity contribution is 1.30. The molecule has 2 heteroatoms. The zero-order valence-corrected chi connectivity index (χ0v) is 13.2. The molecule has 0 aliphatic carbocycles. The Labute approximate surface area is 125 Å². The van der Waals surface area contributed by atoms with Crippen molar-refractivity contribution in [3.05, 3.63) is 65.2 Å². The highest BCUT2D eigenvalue weighted by Crippen LogP contribution is 2.21. The van der Waals surface area contributed by atoms with Gasteiger partial charge in [-0.15, -0.1) is 11.8 Å². The van der Waals surface area contributed by atoms with E-state index in [1.54, 1.807) is 0 Å². The summed E-state index contributed by atoms with van der Waals surface area (Å²) in [6.07, 6.45) is 0. The molecule has 0 heterocycles. The second-order valence-corrected chi connectivity index (χ2v) is 6.98. The summed E-state index contributed by atoms with van der Waals surface area (Å²) in [5.41, 5.74) is 4.19. The molecule has 0 N–H and O–H groups in total. The van der Waals surface area contributed by atoms with E-state index in [4.69, 9.17) is 0 Å². The van der Waals surface area contributed by atoms with Gasteiger partial charge in [0.25, 0.3) is 0 Å². The zero-order valence-electron chi connectivity index (χ0n) is 11.6. The molecule has 0 radical (unpaired) electrons.